The van der Waals surface area contributed by atoms with Crippen LogP contribution in [0.1, 0.15) is 35.6 Å². The first kappa shape index (κ1) is 12.4. The molecule has 1 heterocycles. The molecular weight excluding hydrogens is 234 g/mol. The Balaban J connectivity index is 1.79. The van der Waals surface area contributed by atoms with Crippen LogP contribution >= 0.6 is 0 Å². The standard InChI is InChI=1S/C16H21N3/c1-19-10-9-13(18-19)11-16(17)15-8-4-6-12-5-2-3-7-14(12)15/h2-3,5,7,9-10,15-16H,4,6,8,11,17H2,1H3. The summed E-state index contributed by atoms with van der Waals surface area (Å²) in [5, 5.41) is 4.44. The highest BCUT2D eigenvalue weighted by Crippen LogP contribution is 2.33. The molecule has 0 radical (unpaired) electrons. The van der Waals surface area contributed by atoms with Crippen molar-refractivity contribution in [2.75, 3.05) is 0 Å². The van der Waals surface area contributed by atoms with E-state index in [1.165, 1.54) is 30.4 Å². The molecule has 1 aliphatic rings. The largest absolute Gasteiger partial charge is 0.327 e. The Labute approximate surface area is 114 Å². The van der Waals surface area contributed by atoms with Gasteiger partial charge in [-0.2, -0.15) is 5.10 Å². The molecule has 3 nitrogen and oxygen atoms in total. The van der Waals surface area contributed by atoms with Crippen molar-refractivity contribution in [3.63, 3.8) is 0 Å². The summed E-state index contributed by atoms with van der Waals surface area (Å²) in [6, 6.07) is 11.0. The maximum absolute atomic E-state index is 6.46. The minimum Gasteiger partial charge on any atom is -0.327 e. The zero-order valence-electron chi connectivity index (χ0n) is 11.4. The quantitative estimate of drug-likeness (QED) is 0.915. The van der Waals surface area contributed by atoms with E-state index in [-0.39, 0.29) is 6.04 Å². The van der Waals surface area contributed by atoms with Crippen molar-refractivity contribution >= 4 is 0 Å². The third-order valence-electron chi connectivity index (χ3n) is 4.15. The van der Waals surface area contributed by atoms with Crippen LogP contribution in [0.4, 0.5) is 0 Å². The van der Waals surface area contributed by atoms with Gasteiger partial charge in [0.2, 0.25) is 0 Å². The van der Waals surface area contributed by atoms with Gasteiger partial charge in [0.15, 0.2) is 0 Å². The monoisotopic (exact) mass is 255 g/mol. The van der Waals surface area contributed by atoms with Gasteiger partial charge in [0, 0.05) is 25.7 Å². The van der Waals surface area contributed by atoms with E-state index in [9.17, 15) is 0 Å². The molecule has 0 aliphatic heterocycles. The van der Waals surface area contributed by atoms with Gasteiger partial charge in [0.25, 0.3) is 0 Å². The summed E-state index contributed by atoms with van der Waals surface area (Å²) < 4.78 is 1.84. The first-order valence-electron chi connectivity index (χ1n) is 7.06. The topological polar surface area (TPSA) is 43.8 Å². The summed E-state index contributed by atoms with van der Waals surface area (Å²) in [5.41, 5.74) is 10.5. The molecule has 2 aromatic rings. The molecule has 1 aromatic carbocycles. The maximum atomic E-state index is 6.46. The van der Waals surface area contributed by atoms with Crippen molar-refractivity contribution in [2.45, 2.75) is 37.6 Å². The summed E-state index contributed by atoms with van der Waals surface area (Å²) >= 11 is 0. The van der Waals surface area contributed by atoms with E-state index in [0.29, 0.717) is 5.92 Å². The molecule has 100 valence electrons. The predicted molar refractivity (Wildman–Crippen MR) is 77.0 cm³/mol. The number of rotatable bonds is 3. The average Bonchev–Trinajstić information content (AvgIpc) is 2.83. The third-order valence-corrected chi connectivity index (χ3v) is 4.15. The van der Waals surface area contributed by atoms with Gasteiger partial charge in [-0.3, -0.25) is 4.68 Å². The Hall–Kier alpha value is -1.61. The summed E-state index contributed by atoms with van der Waals surface area (Å²) in [4.78, 5) is 0. The zero-order valence-corrected chi connectivity index (χ0v) is 11.4. The van der Waals surface area contributed by atoms with Crippen LogP contribution in [0, 0.1) is 0 Å². The second kappa shape index (κ2) is 5.17. The molecule has 2 unspecified atom stereocenters. The van der Waals surface area contributed by atoms with Crippen LogP contribution in [0.5, 0.6) is 0 Å². The number of nitrogens with two attached hydrogens (primary N) is 1. The van der Waals surface area contributed by atoms with Crippen LogP contribution in [-0.4, -0.2) is 15.8 Å². The van der Waals surface area contributed by atoms with Gasteiger partial charge < -0.3 is 5.73 Å². The third kappa shape index (κ3) is 2.56. The Morgan fingerprint density at radius 2 is 2.21 bits per heavy atom. The van der Waals surface area contributed by atoms with Gasteiger partial charge in [-0.15, -0.1) is 0 Å². The van der Waals surface area contributed by atoms with Crippen LogP contribution in [0.25, 0.3) is 0 Å². The van der Waals surface area contributed by atoms with E-state index in [1.54, 1.807) is 0 Å². The van der Waals surface area contributed by atoms with Crippen molar-refractivity contribution in [3.05, 3.63) is 53.3 Å². The fraction of sp³-hybridized carbons (Fsp3) is 0.438. The predicted octanol–water partition coefficient (Wildman–Crippen LogP) is 2.41. The smallest absolute Gasteiger partial charge is 0.0640 e. The van der Waals surface area contributed by atoms with Crippen LogP contribution < -0.4 is 5.73 Å². The van der Waals surface area contributed by atoms with E-state index < -0.39 is 0 Å². The first-order chi connectivity index (χ1) is 9.24. The van der Waals surface area contributed by atoms with Gasteiger partial charge in [0.05, 0.1) is 5.69 Å². The van der Waals surface area contributed by atoms with Gasteiger partial charge in [-0.25, -0.2) is 0 Å². The molecule has 3 heteroatoms. The molecule has 0 spiro atoms. The fourth-order valence-corrected chi connectivity index (χ4v) is 3.19. The Kier molecular flexibility index (Phi) is 3.38. The molecular formula is C16H21N3. The van der Waals surface area contributed by atoms with Crippen LogP contribution in [0.3, 0.4) is 0 Å². The highest BCUT2D eigenvalue weighted by Gasteiger charge is 2.25. The summed E-state index contributed by atoms with van der Waals surface area (Å²) in [6.45, 7) is 0. The molecule has 3 rings (SSSR count). The number of hydrogen-bond acceptors (Lipinski definition) is 2. The van der Waals surface area contributed by atoms with Crippen molar-refractivity contribution < 1.29 is 0 Å². The van der Waals surface area contributed by atoms with Crippen LogP contribution in [0.15, 0.2) is 36.5 Å². The average molecular weight is 255 g/mol. The van der Waals surface area contributed by atoms with E-state index in [1.807, 2.05) is 17.9 Å². The SMILES string of the molecule is Cn1ccc(CC(N)C2CCCc3ccccc32)n1. The van der Waals surface area contributed by atoms with Gasteiger partial charge >= 0.3 is 0 Å². The van der Waals surface area contributed by atoms with Gasteiger partial charge in [-0.1, -0.05) is 24.3 Å². The summed E-state index contributed by atoms with van der Waals surface area (Å²) in [7, 11) is 1.95. The molecule has 19 heavy (non-hydrogen) atoms. The van der Waals surface area contributed by atoms with Crippen molar-refractivity contribution in [2.24, 2.45) is 12.8 Å². The highest BCUT2D eigenvalue weighted by molar-refractivity contribution is 5.34. The first-order valence-corrected chi connectivity index (χ1v) is 7.06. The molecule has 1 aromatic heterocycles. The van der Waals surface area contributed by atoms with Crippen molar-refractivity contribution in [1.82, 2.24) is 9.78 Å². The molecule has 0 saturated carbocycles. The second-order valence-corrected chi connectivity index (χ2v) is 5.55. The molecule has 1 aliphatic carbocycles. The Morgan fingerprint density at radius 1 is 1.37 bits per heavy atom. The fourth-order valence-electron chi connectivity index (χ4n) is 3.19. The molecule has 0 bridgehead atoms. The number of nitrogens with zero attached hydrogens (tertiary/aromatic N) is 2. The molecule has 0 fully saturated rings. The van der Waals surface area contributed by atoms with E-state index in [4.69, 9.17) is 5.73 Å². The lowest BCUT2D eigenvalue weighted by molar-refractivity contribution is 0.456. The number of benzene rings is 1. The Morgan fingerprint density at radius 3 is 3.00 bits per heavy atom. The van der Waals surface area contributed by atoms with E-state index in [0.717, 1.165) is 12.1 Å². The van der Waals surface area contributed by atoms with E-state index >= 15 is 0 Å². The summed E-state index contributed by atoms with van der Waals surface area (Å²) in [5.74, 6) is 0.479. The number of aromatic nitrogens is 2. The molecule has 0 saturated heterocycles. The lowest BCUT2D eigenvalue weighted by atomic mass is 9.78. The second-order valence-electron chi connectivity index (χ2n) is 5.55. The Bertz CT molecular complexity index is 559. The lowest BCUT2D eigenvalue weighted by Gasteiger charge is -2.30. The summed E-state index contributed by atoms with van der Waals surface area (Å²) in [6.07, 6.45) is 6.49. The van der Waals surface area contributed by atoms with Crippen molar-refractivity contribution in [3.8, 4) is 0 Å². The minimum absolute atomic E-state index is 0.163. The van der Waals surface area contributed by atoms with Crippen LogP contribution in [0.2, 0.25) is 0 Å². The maximum Gasteiger partial charge on any atom is 0.0640 e. The molecule has 2 atom stereocenters. The van der Waals surface area contributed by atoms with Crippen LogP contribution in [-0.2, 0) is 19.9 Å². The number of fused-ring (bicyclic) bond motifs is 1. The van der Waals surface area contributed by atoms with Crippen molar-refractivity contribution in [1.29, 1.82) is 0 Å². The normalized spacial score (nSPS) is 20.0. The van der Waals surface area contributed by atoms with E-state index in [2.05, 4.69) is 35.4 Å². The molecule has 2 N–H and O–H groups in total. The number of aryl methyl sites for hydroxylation is 2. The minimum atomic E-state index is 0.163. The van der Waals surface area contributed by atoms with Gasteiger partial charge in [0.1, 0.15) is 0 Å². The lowest BCUT2D eigenvalue weighted by Crippen LogP contribution is -2.33. The number of hydrogen-bond donors (Lipinski definition) is 1. The highest BCUT2D eigenvalue weighted by atomic mass is 15.2. The zero-order chi connectivity index (χ0) is 13.2. The van der Waals surface area contributed by atoms with Gasteiger partial charge in [-0.05, 0) is 42.4 Å². The molecule has 0 amide bonds.